The molecule has 1 N–H and O–H groups in total. The Balaban J connectivity index is 1.45. The predicted octanol–water partition coefficient (Wildman–Crippen LogP) is 1.28. The number of carbonyl (C=O) groups is 3. The Labute approximate surface area is 183 Å². The van der Waals surface area contributed by atoms with Gasteiger partial charge in [-0.1, -0.05) is 6.07 Å². The van der Waals surface area contributed by atoms with Crippen LogP contribution in [0.1, 0.15) is 38.3 Å². The Morgan fingerprint density at radius 3 is 2.59 bits per heavy atom. The third kappa shape index (κ3) is 4.12. The number of nitro groups is 1. The second-order valence-corrected chi connectivity index (χ2v) is 7.57. The van der Waals surface area contributed by atoms with Gasteiger partial charge in [0, 0.05) is 25.7 Å². The number of hydrogen-bond donors (Lipinski definition) is 1. The fourth-order valence-corrected chi connectivity index (χ4v) is 3.95. The number of rotatable bonds is 7. The highest BCUT2D eigenvalue weighted by Crippen LogP contribution is 2.30. The second-order valence-electron chi connectivity index (χ2n) is 7.57. The Kier molecular flexibility index (Phi) is 6.01. The molecule has 1 fully saturated rings. The summed E-state index contributed by atoms with van der Waals surface area (Å²) >= 11 is 0. The van der Waals surface area contributed by atoms with Gasteiger partial charge in [-0.2, -0.15) is 0 Å². The number of amides is 3. The topological polar surface area (TPSA) is 135 Å². The minimum absolute atomic E-state index is 0.0748. The molecule has 1 saturated heterocycles. The number of nitrogens with one attached hydrogen (secondary N) is 1. The summed E-state index contributed by atoms with van der Waals surface area (Å²) in [6.45, 7) is 3.98. The van der Waals surface area contributed by atoms with Crippen LogP contribution >= 0.6 is 0 Å². The van der Waals surface area contributed by atoms with E-state index in [9.17, 15) is 24.5 Å². The highest BCUT2D eigenvalue weighted by atomic mass is 16.6. The predicted molar refractivity (Wildman–Crippen MR) is 110 cm³/mol. The van der Waals surface area contributed by atoms with Crippen LogP contribution in [0, 0.1) is 17.0 Å². The van der Waals surface area contributed by atoms with Crippen molar-refractivity contribution in [1.82, 2.24) is 15.1 Å². The van der Waals surface area contributed by atoms with Crippen LogP contribution in [-0.4, -0.2) is 71.8 Å². The lowest BCUT2D eigenvalue weighted by atomic mass is 10.1. The van der Waals surface area contributed by atoms with Gasteiger partial charge in [0.2, 0.25) is 5.91 Å². The van der Waals surface area contributed by atoms with E-state index in [1.807, 2.05) is 19.1 Å². The fourth-order valence-electron chi connectivity index (χ4n) is 3.95. The SMILES string of the molecule is Cc1ccc(C(CNC(=O)CN2C(=O)c3cccc([N+](=O)[O-])c3C2=O)N2CCOCC2)o1. The quantitative estimate of drug-likeness (QED) is 0.385. The summed E-state index contributed by atoms with van der Waals surface area (Å²) in [5.41, 5.74) is -0.814. The first-order chi connectivity index (χ1) is 15.4. The summed E-state index contributed by atoms with van der Waals surface area (Å²) in [5.74, 6) is -0.684. The molecular weight excluding hydrogens is 420 g/mol. The molecule has 1 atom stereocenters. The van der Waals surface area contributed by atoms with Crippen LogP contribution in [0.15, 0.2) is 34.7 Å². The van der Waals surface area contributed by atoms with Crippen LogP contribution in [0.3, 0.4) is 0 Å². The Morgan fingerprint density at radius 2 is 1.94 bits per heavy atom. The van der Waals surface area contributed by atoms with E-state index in [1.165, 1.54) is 12.1 Å². The van der Waals surface area contributed by atoms with Crippen molar-refractivity contribution in [3.8, 4) is 0 Å². The molecule has 0 spiro atoms. The number of carbonyl (C=O) groups excluding carboxylic acids is 3. The number of aryl methyl sites for hydroxylation is 1. The molecule has 1 aromatic heterocycles. The maximum Gasteiger partial charge on any atom is 0.282 e. The molecule has 3 heterocycles. The van der Waals surface area contributed by atoms with E-state index in [0.29, 0.717) is 32.1 Å². The normalized spacial score (nSPS) is 17.3. The van der Waals surface area contributed by atoms with Gasteiger partial charge in [0.25, 0.3) is 17.5 Å². The zero-order valence-electron chi connectivity index (χ0n) is 17.4. The van der Waals surface area contributed by atoms with Gasteiger partial charge in [-0.3, -0.25) is 34.3 Å². The maximum atomic E-state index is 12.7. The number of nitro benzene ring substituents is 1. The molecule has 0 radical (unpaired) electrons. The van der Waals surface area contributed by atoms with E-state index in [-0.39, 0.29) is 23.7 Å². The molecule has 11 nitrogen and oxygen atoms in total. The van der Waals surface area contributed by atoms with E-state index in [2.05, 4.69) is 10.2 Å². The first-order valence-electron chi connectivity index (χ1n) is 10.1. The summed E-state index contributed by atoms with van der Waals surface area (Å²) in [7, 11) is 0. The highest BCUT2D eigenvalue weighted by molar-refractivity contribution is 6.24. The van der Waals surface area contributed by atoms with Gasteiger partial charge >= 0.3 is 0 Å². The largest absolute Gasteiger partial charge is 0.465 e. The smallest absolute Gasteiger partial charge is 0.282 e. The van der Waals surface area contributed by atoms with Crippen molar-refractivity contribution in [3.63, 3.8) is 0 Å². The minimum Gasteiger partial charge on any atom is -0.465 e. The molecule has 0 aliphatic carbocycles. The lowest BCUT2D eigenvalue weighted by Crippen LogP contribution is -2.46. The van der Waals surface area contributed by atoms with Crippen molar-refractivity contribution in [2.75, 3.05) is 39.4 Å². The first kappa shape index (κ1) is 21.7. The van der Waals surface area contributed by atoms with E-state index in [4.69, 9.17) is 9.15 Å². The third-order valence-electron chi connectivity index (χ3n) is 5.54. The Hall–Kier alpha value is -3.57. The number of fused-ring (bicyclic) bond motifs is 1. The molecule has 0 bridgehead atoms. The molecule has 0 saturated carbocycles. The minimum atomic E-state index is -0.848. The summed E-state index contributed by atoms with van der Waals surface area (Å²) < 4.78 is 11.2. The van der Waals surface area contributed by atoms with Gasteiger partial charge in [0.05, 0.1) is 29.7 Å². The molecule has 2 aliphatic rings. The standard InChI is InChI=1S/C21H22N4O7/c1-13-5-6-17(32-13)16(23-7-9-31-10-8-23)11-22-18(26)12-24-20(27)14-3-2-4-15(25(29)30)19(14)21(24)28/h2-6,16H,7-12H2,1H3,(H,22,26). The summed E-state index contributed by atoms with van der Waals surface area (Å²) in [6.07, 6.45) is 0. The molecule has 168 valence electrons. The van der Waals surface area contributed by atoms with Crippen LogP contribution in [-0.2, 0) is 9.53 Å². The first-order valence-corrected chi connectivity index (χ1v) is 10.1. The number of benzene rings is 1. The molecule has 2 aliphatic heterocycles. The van der Waals surface area contributed by atoms with Crippen LogP contribution in [0.5, 0.6) is 0 Å². The average Bonchev–Trinajstić information content (AvgIpc) is 3.31. The van der Waals surface area contributed by atoms with Crippen molar-refractivity contribution >= 4 is 23.4 Å². The number of nitrogens with zero attached hydrogens (tertiary/aromatic N) is 3. The van der Waals surface area contributed by atoms with Crippen LogP contribution in [0.25, 0.3) is 0 Å². The van der Waals surface area contributed by atoms with Crippen LogP contribution in [0.4, 0.5) is 5.69 Å². The molecule has 1 unspecified atom stereocenters. The summed E-state index contributed by atoms with van der Waals surface area (Å²) in [4.78, 5) is 51.2. The number of imide groups is 1. The number of hydrogen-bond acceptors (Lipinski definition) is 8. The second kappa shape index (κ2) is 8.89. The van der Waals surface area contributed by atoms with Gasteiger partial charge in [-0.05, 0) is 25.1 Å². The maximum absolute atomic E-state index is 12.7. The zero-order valence-corrected chi connectivity index (χ0v) is 17.4. The van der Waals surface area contributed by atoms with Crippen LogP contribution in [0.2, 0.25) is 0 Å². The number of ether oxygens (including phenoxy) is 1. The molecule has 11 heteroatoms. The van der Waals surface area contributed by atoms with Gasteiger partial charge in [0.15, 0.2) is 0 Å². The van der Waals surface area contributed by atoms with E-state index >= 15 is 0 Å². The summed E-state index contributed by atoms with van der Waals surface area (Å²) in [6, 6.07) is 7.30. The molecule has 4 rings (SSSR count). The molecular formula is C21H22N4O7. The molecule has 3 amide bonds. The molecule has 2 aromatic rings. The van der Waals surface area contributed by atoms with E-state index in [0.717, 1.165) is 16.7 Å². The van der Waals surface area contributed by atoms with Crippen molar-refractivity contribution in [2.24, 2.45) is 0 Å². The lowest BCUT2D eigenvalue weighted by Gasteiger charge is -2.33. The fraction of sp³-hybridized carbons (Fsp3) is 0.381. The van der Waals surface area contributed by atoms with Crippen molar-refractivity contribution in [3.05, 3.63) is 63.1 Å². The Bertz CT molecular complexity index is 1070. The van der Waals surface area contributed by atoms with Crippen molar-refractivity contribution in [1.29, 1.82) is 0 Å². The van der Waals surface area contributed by atoms with Gasteiger partial charge in [-0.15, -0.1) is 0 Å². The average molecular weight is 442 g/mol. The van der Waals surface area contributed by atoms with Gasteiger partial charge in [-0.25, -0.2) is 0 Å². The van der Waals surface area contributed by atoms with Crippen molar-refractivity contribution < 1.29 is 28.5 Å². The van der Waals surface area contributed by atoms with E-state index < -0.39 is 34.9 Å². The van der Waals surface area contributed by atoms with Gasteiger partial charge < -0.3 is 14.5 Å². The lowest BCUT2D eigenvalue weighted by molar-refractivity contribution is -0.385. The highest BCUT2D eigenvalue weighted by Gasteiger charge is 2.41. The van der Waals surface area contributed by atoms with E-state index in [1.54, 1.807) is 0 Å². The molecule has 32 heavy (non-hydrogen) atoms. The third-order valence-corrected chi connectivity index (χ3v) is 5.54. The summed E-state index contributed by atoms with van der Waals surface area (Å²) in [5, 5.41) is 14.0. The van der Waals surface area contributed by atoms with Gasteiger partial charge in [0.1, 0.15) is 23.6 Å². The monoisotopic (exact) mass is 442 g/mol. The van der Waals surface area contributed by atoms with Crippen LogP contribution < -0.4 is 5.32 Å². The zero-order chi connectivity index (χ0) is 22.8. The van der Waals surface area contributed by atoms with Crippen molar-refractivity contribution in [2.45, 2.75) is 13.0 Å². The number of furan rings is 1. The Morgan fingerprint density at radius 1 is 1.19 bits per heavy atom. The molecule has 1 aromatic carbocycles. The number of morpholine rings is 1.